The third-order valence-electron chi connectivity index (χ3n) is 2.30. The van der Waals surface area contributed by atoms with E-state index in [-0.39, 0.29) is 6.04 Å². The summed E-state index contributed by atoms with van der Waals surface area (Å²) < 4.78 is 1.11. The zero-order valence-electron chi connectivity index (χ0n) is 10.2. The molecule has 0 aliphatic rings. The van der Waals surface area contributed by atoms with E-state index in [0.29, 0.717) is 5.92 Å². The SMILES string of the molecule is CCC(NOCC(C)C)c1cccc(Br)c1. The Morgan fingerprint density at radius 2 is 2.12 bits per heavy atom. The van der Waals surface area contributed by atoms with Crippen molar-refractivity contribution in [2.45, 2.75) is 33.2 Å². The minimum absolute atomic E-state index is 0.260. The highest BCUT2D eigenvalue weighted by Crippen LogP contribution is 2.20. The lowest BCUT2D eigenvalue weighted by Gasteiger charge is -2.18. The highest BCUT2D eigenvalue weighted by Gasteiger charge is 2.09. The van der Waals surface area contributed by atoms with Crippen LogP contribution in [0.25, 0.3) is 0 Å². The van der Waals surface area contributed by atoms with E-state index < -0.39 is 0 Å². The fourth-order valence-corrected chi connectivity index (χ4v) is 1.84. The third kappa shape index (κ3) is 4.64. The molecular formula is C13H20BrNO. The average molecular weight is 286 g/mol. The van der Waals surface area contributed by atoms with Crippen LogP contribution in [-0.2, 0) is 4.84 Å². The summed E-state index contributed by atoms with van der Waals surface area (Å²) in [6, 6.07) is 8.58. The van der Waals surface area contributed by atoms with Crippen LogP contribution in [0.15, 0.2) is 28.7 Å². The van der Waals surface area contributed by atoms with Crippen LogP contribution in [0.1, 0.15) is 38.8 Å². The Labute approximate surface area is 106 Å². The van der Waals surface area contributed by atoms with Gasteiger partial charge in [-0.05, 0) is 30.0 Å². The molecular weight excluding hydrogens is 266 g/mol. The van der Waals surface area contributed by atoms with Gasteiger partial charge in [0.25, 0.3) is 0 Å². The molecule has 0 saturated carbocycles. The van der Waals surface area contributed by atoms with Crippen molar-refractivity contribution in [3.8, 4) is 0 Å². The van der Waals surface area contributed by atoms with Crippen LogP contribution in [0.3, 0.4) is 0 Å². The zero-order chi connectivity index (χ0) is 12.0. The molecule has 0 radical (unpaired) electrons. The summed E-state index contributed by atoms with van der Waals surface area (Å²) in [6.45, 7) is 7.17. The molecule has 1 aromatic rings. The molecule has 16 heavy (non-hydrogen) atoms. The number of benzene rings is 1. The van der Waals surface area contributed by atoms with E-state index >= 15 is 0 Å². The predicted molar refractivity (Wildman–Crippen MR) is 71.1 cm³/mol. The Bertz CT molecular complexity index is 315. The summed E-state index contributed by atoms with van der Waals surface area (Å²) in [7, 11) is 0. The number of hydroxylamine groups is 1. The molecule has 1 aromatic carbocycles. The fraction of sp³-hybridized carbons (Fsp3) is 0.538. The normalized spacial score (nSPS) is 13.1. The molecule has 2 nitrogen and oxygen atoms in total. The number of hydrogen-bond donors (Lipinski definition) is 1. The van der Waals surface area contributed by atoms with Gasteiger partial charge < -0.3 is 4.84 Å². The first-order valence-corrected chi connectivity index (χ1v) is 6.55. The molecule has 0 aliphatic carbocycles. The standard InChI is InChI=1S/C13H20BrNO/c1-4-13(15-16-9-10(2)3)11-6-5-7-12(14)8-11/h5-8,10,13,15H,4,9H2,1-3H3. The first kappa shape index (κ1) is 13.7. The molecule has 0 spiro atoms. The van der Waals surface area contributed by atoms with E-state index in [1.165, 1.54) is 5.56 Å². The maximum Gasteiger partial charge on any atom is 0.0705 e. The van der Waals surface area contributed by atoms with E-state index in [9.17, 15) is 0 Å². The van der Waals surface area contributed by atoms with Gasteiger partial charge in [0.05, 0.1) is 12.6 Å². The molecule has 0 bridgehead atoms. The van der Waals surface area contributed by atoms with Crippen LogP contribution in [0.5, 0.6) is 0 Å². The lowest BCUT2D eigenvalue weighted by molar-refractivity contribution is -0.000592. The molecule has 0 aliphatic heterocycles. The highest BCUT2D eigenvalue weighted by molar-refractivity contribution is 9.10. The van der Waals surface area contributed by atoms with Gasteiger partial charge in [0.2, 0.25) is 0 Å². The smallest absolute Gasteiger partial charge is 0.0705 e. The quantitative estimate of drug-likeness (QED) is 0.796. The summed E-state index contributed by atoms with van der Waals surface area (Å²) in [6.07, 6.45) is 1.01. The summed E-state index contributed by atoms with van der Waals surface area (Å²) >= 11 is 3.48. The van der Waals surface area contributed by atoms with Gasteiger partial charge in [0, 0.05) is 4.47 Å². The maximum absolute atomic E-state index is 5.48. The first-order valence-electron chi connectivity index (χ1n) is 5.76. The van der Waals surface area contributed by atoms with E-state index in [1.54, 1.807) is 0 Å². The van der Waals surface area contributed by atoms with Crippen molar-refractivity contribution in [2.75, 3.05) is 6.61 Å². The van der Waals surface area contributed by atoms with E-state index in [2.05, 4.69) is 54.3 Å². The van der Waals surface area contributed by atoms with E-state index in [0.717, 1.165) is 17.5 Å². The Morgan fingerprint density at radius 3 is 2.69 bits per heavy atom. The average Bonchev–Trinajstić information content (AvgIpc) is 2.24. The topological polar surface area (TPSA) is 21.3 Å². The van der Waals surface area contributed by atoms with Crippen molar-refractivity contribution < 1.29 is 4.84 Å². The van der Waals surface area contributed by atoms with Crippen LogP contribution < -0.4 is 5.48 Å². The van der Waals surface area contributed by atoms with Gasteiger partial charge in [-0.15, -0.1) is 0 Å². The Balaban J connectivity index is 2.53. The number of halogens is 1. The van der Waals surface area contributed by atoms with Gasteiger partial charge >= 0.3 is 0 Å². The molecule has 1 N–H and O–H groups in total. The molecule has 0 heterocycles. The van der Waals surface area contributed by atoms with Crippen molar-refractivity contribution in [3.05, 3.63) is 34.3 Å². The van der Waals surface area contributed by atoms with Gasteiger partial charge in [0.15, 0.2) is 0 Å². The number of nitrogens with one attached hydrogen (secondary N) is 1. The van der Waals surface area contributed by atoms with Crippen LogP contribution >= 0.6 is 15.9 Å². The van der Waals surface area contributed by atoms with Gasteiger partial charge in [-0.25, -0.2) is 0 Å². The van der Waals surface area contributed by atoms with Crippen LogP contribution in [0.2, 0.25) is 0 Å². The fourth-order valence-electron chi connectivity index (χ4n) is 1.43. The van der Waals surface area contributed by atoms with E-state index in [4.69, 9.17) is 4.84 Å². The molecule has 1 unspecified atom stereocenters. The Hall–Kier alpha value is -0.380. The van der Waals surface area contributed by atoms with Gasteiger partial charge in [-0.3, -0.25) is 0 Å². The number of hydrogen-bond acceptors (Lipinski definition) is 2. The minimum atomic E-state index is 0.260. The van der Waals surface area contributed by atoms with Crippen LogP contribution in [0, 0.1) is 5.92 Å². The summed E-state index contributed by atoms with van der Waals surface area (Å²) in [4.78, 5) is 5.48. The number of rotatable bonds is 6. The second kappa shape index (κ2) is 7.05. The highest BCUT2D eigenvalue weighted by atomic mass is 79.9. The molecule has 0 saturated heterocycles. The second-order valence-electron chi connectivity index (χ2n) is 4.34. The molecule has 1 rings (SSSR count). The Kier molecular flexibility index (Phi) is 6.03. The third-order valence-corrected chi connectivity index (χ3v) is 2.79. The van der Waals surface area contributed by atoms with Crippen molar-refractivity contribution in [3.63, 3.8) is 0 Å². The van der Waals surface area contributed by atoms with Crippen molar-refractivity contribution in [1.29, 1.82) is 0 Å². The van der Waals surface area contributed by atoms with Crippen molar-refractivity contribution in [2.24, 2.45) is 5.92 Å². The molecule has 0 fully saturated rings. The largest absolute Gasteiger partial charge is 0.301 e. The van der Waals surface area contributed by atoms with Crippen LogP contribution in [0.4, 0.5) is 0 Å². The van der Waals surface area contributed by atoms with Crippen LogP contribution in [-0.4, -0.2) is 6.61 Å². The second-order valence-corrected chi connectivity index (χ2v) is 5.25. The maximum atomic E-state index is 5.48. The zero-order valence-corrected chi connectivity index (χ0v) is 11.8. The molecule has 0 aromatic heterocycles. The lowest BCUT2D eigenvalue weighted by atomic mass is 10.1. The lowest BCUT2D eigenvalue weighted by Crippen LogP contribution is -2.23. The monoisotopic (exact) mass is 285 g/mol. The Morgan fingerprint density at radius 1 is 1.38 bits per heavy atom. The van der Waals surface area contributed by atoms with Crippen molar-refractivity contribution in [1.82, 2.24) is 5.48 Å². The van der Waals surface area contributed by atoms with Gasteiger partial charge in [-0.1, -0.05) is 48.8 Å². The van der Waals surface area contributed by atoms with Gasteiger partial charge in [-0.2, -0.15) is 5.48 Å². The molecule has 90 valence electrons. The molecule has 3 heteroatoms. The van der Waals surface area contributed by atoms with Gasteiger partial charge in [0.1, 0.15) is 0 Å². The molecule has 0 amide bonds. The summed E-state index contributed by atoms with van der Waals surface area (Å²) in [5.41, 5.74) is 4.37. The first-order chi connectivity index (χ1) is 7.63. The van der Waals surface area contributed by atoms with Crippen molar-refractivity contribution >= 4 is 15.9 Å². The summed E-state index contributed by atoms with van der Waals surface area (Å²) in [5, 5.41) is 0. The summed E-state index contributed by atoms with van der Waals surface area (Å²) in [5.74, 6) is 0.549. The minimum Gasteiger partial charge on any atom is -0.301 e. The predicted octanol–water partition coefficient (Wildman–Crippen LogP) is 4.08. The molecule has 1 atom stereocenters. The van der Waals surface area contributed by atoms with E-state index in [1.807, 2.05) is 12.1 Å².